The molecule has 0 N–H and O–H groups in total. The van der Waals surface area contributed by atoms with Gasteiger partial charge in [-0.1, -0.05) is 12.1 Å². The zero-order valence-electron chi connectivity index (χ0n) is 17.9. The minimum atomic E-state index is 0.0577. The summed E-state index contributed by atoms with van der Waals surface area (Å²) in [6.07, 6.45) is 1.92. The summed E-state index contributed by atoms with van der Waals surface area (Å²) in [5.74, 6) is 1.67. The van der Waals surface area contributed by atoms with Gasteiger partial charge in [0.2, 0.25) is 5.91 Å². The number of likely N-dealkylation sites (tertiary alicyclic amines) is 1. The summed E-state index contributed by atoms with van der Waals surface area (Å²) < 4.78 is 7.03. The lowest BCUT2D eigenvalue weighted by Gasteiger charge is -2.33. The van der Waals surface area contributed by atoms with Crippen LogP contribution in [0.4, 0.5) is 0 Å². The van der Waals surface area contributed by atoms with Crippen molar-refractivity contribution in [2.45, 2.75) is 46.1 Å². The van der Waals surface area contributed by atoms with E-state index in [9.17, 15) is 9.59 Å². The summed E-state index contributed by atoms with van der Waals surface area (Å²) in [5, 5.41) is 0.751. The molecule has 1 aromatic carbocycles. The van der Waals surface area contributed by atoms with E-state index in [0.717, 1.165) is 50.6 Å². The molecule has 0 saturated carbocycles. The Kier molecular flexibility index (Phi) is 5.64. The number of ether oxygens (including phenoxy) is 1. The Morgan fingerprint density at radius 3 is 2.47 bits per heavy atom. The van der Waals surface area contributed by atoms with Gasteiger partial charge in [-0.2, -0.15) is 0 Å². The number of nitrogens with zero attached hydrogens (tertiary/aromatic N) is 3. The third kappa shape index (κ3) is 3.74. The first-order valence-electron chi connectivity index (χ1n) is 10.3. The second-order valence-corrected chi connectivity index (χ2v) is 9.14. The lowest BCUT2D eigenvalue weighted by molar-refractivity contribution is -0.131. The Labute approximate surface area is 180 Å². The van der Waals surface area contributed by atoms with Gasteiger partial charge in [-0.05, 0) is 56.9 Å². The molecule has 3 aromatic rings. The van der Waals surface area contributed by atoms with Crippen molar-refractivity contribution < 1.29 is 9.53 Å². The number of benzene rings is 1. The SMILES string of the molecule is COc1ccc(CC(=O)N2CCC(n3c(C)nc4sc(C)c(C)c4c3=O)CC2)cc1. The van der Waals surface area contributed by atoms with Gasteiger partial charge in [-0.25, -0.2) is 4.98 Å². The Hall–Kier alpha value is -2.67. The topological polar surface area (TPSA) is 64.4 Å². The predicted molar refractivity (Wildman–Crippen MR) is 120 cm³/mol. The van der Waals surface area contributed by atoms with E-state index >= 15 is 0 Å². The van der Waals surface area contributed by atoms with Gasteiger partial charge in [-0.15, -0.1) is 11.3 Å². The van der Waals surface area contributed by atoms with Gasteiger partial charge in [0.15, 0.2) is 0 Å². The van der Waals surface area contributed by atoms with Crippen LogP contribution < -0.4 is 10.3 Å². The molecule has 0 spiro atoms. The summed E-state index contributed by atoms with van der Waals surface area (Å²) in [7, 11) is 1.63. The first-order valence-corrected chi connectivity index (χ1v) is 11.1. The molecule has 158 valence electrons. The minimum absolute atomic E-state index is 0.0577. The van der Waals surface area contributed by atoms with Crippen molar-refractivity contribution >= 4 is 27.5 Å². The monoisotopic (exact) mass is 425 g/mol. The van der Waals surface area contributed by atoms with Crippen molar-refractivity contribution in [3.05, 3.63) is 56.4 Å². The zero-order valence-corrected chi connectivity index (χ0v) is 18.7. The van der Waals surface area contributed by atoms with Crippen LogP contribution >= 0.6 is 11.3 Å². The molecular weight excluding hydrogens is 398 g/mol. The summed E-state index contributed by atoms with van der Waals surface area (Å²) in [4.78, 5) is 34.6. The van der Waals surface area contributed by atoms with E-state index in [0.29, 0.717) is 19.5 Å². The van der Waals surface area contributed by atoms with E-state index in [2.05, 4.69) is 0 Å². The van der Waals surface area contributed by atoms with Crippen molar-refractivity contribution in [3.8, 4) is 5.75 Å². The van der Waals surface area contributed by atoms with Crippen molar-refractivity contribution in [3.63, 3.8) is 0 Å². The largest absolute Gasteiger partial charge is 0.497 e. The highest BCUT2D eigenvalue weighted by Gasteiger charge is 2.27. The van der Waals surface area contributed by atoms with Gasteiger partial charge >= 0.3 is 0 Å². The fourth-order valence-corrected chi connectivity index (χ4v) is 5.31. The Balaban J connectivity index is 1.47. The normalized spacial score (nSPS) is 15.0. The smallest absolute Gasteiger partial charge is 0.262 e. The number of thiophene rings is 1. The number of piperidine rings is 1. The fraction of sp³-hybridized carbons (Fsp3) is 0.435. The molecular formula is C23H27N3O3S. The summed E-state index contributed by atoms with van der Waals surface area (Å²) >= 11 is 1.58. The van der Waals surface area contributed by atoms with E-state index < -0.39 is 0 Å². The minimum Gasteiger partial charge on any atom is -0.497 e. The summed E-state index contributed by atoms with van der Waals surface area (Å²) in [6.45, 7) is 7.26. The van der Waals surface area contributed by atoms with Crippen LogP contribution in [0.25, 0.3) is 10.2 Å². The molecule has 1 saturated heterocycles. The molecule has 0 atom stereocenters. The fourth-order valence-electron chi connectivity index (χ4n) is 4.24. The molecule has 0 unspecified atom stereocenters. The number of aromatic nitrogens is 2. The standard InChI is InChI=1S/C23H27N3O3S/c1-14-15(2)30-22-21(14)23(28)26(16(3)24-22)18-9-11-25(12-10-18)20(27)13-17-5-7-19(29-4)8-6-17/h5-8,18H,9-13H2,1-4H3. The summed E-state index contributed by atoms with van der Waals surface area (Å²) in [5.41, 5.74) is 2.07. The molecule has 4 rings (SSSR count). The molecule has 3 heterocycles. The van der Waals surface area contributed by atoms with Gasteiger partial charge in [0.05, 0.1) is 18.9 Å². The van der Waals surface area contributed by atoms with Gasteiger partial charge in [-0.3, -0.25) is 14.2 Å². The number of aryl methyl sites for hydroxylation is 3. The number of rotatable bonds is 4. The molecule has 0 bridgehead atoms. The van der Waals surface area contributed by atoms with Crippen LogP contribution in [0.3, 0.4) is 0 Å². The van der Waals surface area contributed by atoms with E-state index in [1.54, 1.807) is 18.4 Å². The molecule has 1 aliphatic rings. The van der Waals surface area contributed by atoms with Crippen LogP contribution in [0, 0.1) is 20.8 Å². The van der Waals surface area contributed by atoms with E-state index in [4.69, 9.17) is 9.72 Å². The molecule has 0 radical (unpaired) electrons. The average Bonchev–Trinajstić information content (AvgIpc) is 3.02. The second kappa shape index (κ2) is 8.22. The van der Waals surface area contributed by atoms with Crippen molar-refractivity contribution in [1.82, 2.24) is 14.5 Å². The predicted octanol–water partition coefficient (Wildman–Crippen LogP) is 3.80. The summed E-state index contributed by atoms with van der Waals surface area (Å²) in [6, 6.07) is 7.69. The van der Waals surface area contributed by atoms with Crippen molar-refractivity contribution in [2.75, 3.05) is 20.2 Å². The Bertz CT molecular complexity index is 1140. The van der Waals surface area contributed by atoms with Crippen molar-refractivity contribution in [1.29, 1.82) is 0 Å². The number of hydrogen-bond acceptors (Lipinski definition) is 5. The first-order chi connectivity index (χ1) is 14.4. The van der Waals surface area contributed by atoms with E-state index in [1.165, 1.54) is 0 Å². The molecule has 1 aliphatic heterocycles. The van der Waals surface area contributed by atoms with Gasteiger partial charge in [0.1, 0.15) is 16.4 Å². The highest BCUT2D eigenvalue weighted by Crippen LogP contribution is 2.29. The average molecular weight is 426 g/mol. The van der Waals surface area contributed by atoms with Gasteiger partial charge in [0.25, 0.3) is 5.56 Å². The molecule has 30 heavy (non-hydrogen) atoms. The zero-order chi connectivity index (χ0) is 21.4. The van der Waals surface area contributed by atoms with Crippen LogP contribution in [0.2, 0.25) is 0 Å². The molecule has 1 fully saturated rings. The quantitative estimate of drug-likeness (QED) is 0.638. The number of carbonyl (C=O) groups excluding carboxylic acids is 1. The molecule has 6 nitrogen and oxygen atoms in total. The van der Waals surface area contributed by atoms with Gasteiger partial charge < -0.3 is 9.64 Å². The third-order valence-electron chi connectivity index (χ3n) is 6.11. The van der Waals surface area contributed by atoms with Crippen LogP contribution in [0.5, 0.6) is 5.75 Å². The number of fused-ring (bicyclic) bond motifs is 1. The van der Waals surface area contributed by atoms with Crippen LogP contribution in [0.15, 0.2) is 29.1 Å². The first kappa shape index (κ1) is 20.6. The van der Waals surface area contributed by atoms with Crippen LogP contribution in [-0.2, 0) is 11.2 Å². The lowest BCUT2D eigenvalue weighted by atomic mass is 10.0. The Morgan fingerprint density at radius 2 is 1.83 bits per heavy atom. The number of amides is 1. The lowest BCUT2D eigenvalue weighted by Crippen LogP contribution is -2.42. The third-order valence-corrected chi connectivity index (χ3v) is 7.21. The van der Waals surface area contributed by atoms with Crippen LogP contribution in [0.1, 0.15) is 40.7 Å². The highest BCUT2D eigenvalue weighted by atomic mass is 32.1. The molecule has 1 amide bonds. The number of carbonyl (C=O) groups is 1. The highest BCUT2D eigenvalue weighted by molar-refractivity contribution is 7.18. The molecule has 0 aliphatic carbocycles. The van der Waals surface area contributed by atoms with E-state index in [-0.39, 0.29) is 17.5 Å². The second-order valence-electron chi connectivity index (χ2n) is 7.93. The van der Waals surface area contributed by atoms with Gasteiger partial charge in [0, 0.05) is 24.0 Å². The maximum absolute atomic E-state index is 13.2. The Morgan fingerprint density at radius 1 is 1.17 bits per heavy atom. The van der Waals surface area contributed by atoms with E-state index in [1.807, 2.05) is 54.5 Å². The molecule has 2 aromatic heterocycles. The van der Waals surface area contributed by atoms with Crippen molar-refractivity contribution in [2.24, 2.45) is 0 Å². The maximum atomic E-state index is 13.2. The number of methoxy groups -OCH3 is 1. The maximum Gasteiger partial charge on any atom is 0.262 e. The number of hydrogen-bond donors (Lipinski definition) is 0. The van der Waals surface area contributed by atoms with Crippen LogP contribution in [-0.4, -0.2) is 40.6 Å². The molecule has 7 heteroatoms.